The van der Waals surface area contributed by atoms with Gasteiger partial charge in [-0.3, -0.25) is 25.4 Å². The third-order valence-electron chi connectivity index (χ3n) is 4.37. The molecule has 31 heavy (non-hydrogen) atoms. The Labute approximate surface area is 183 Å². The van der Waals surface area contributed by atoms with E-state index < -0.39 is 5.91 Å². The Balaban J connectivity index is 1.27. The highest BCUT2D eigenvalue weighted by atomic mass is 32.2. The van der Waals surface area contributed by atoms with Gasteiger partial charge in [0.05, 0.1) is 11.3 Å². The maximum atomic E-state index is 12.3. The standard InChI is InChI=1S/C24H19N3O3S/c28-22(16-31-21-10-4-6-17-7-5-15-25-23(17)21)26-27-24(29)18-11-13-20(14-12-18)30-19-8-2-1-3-9-19/h1-15H,16H2,(H,26,28)(H,27,29). The van der Waals surface area contributed by atoms with E-state index in [1.54, 1.807) is 30.5 Å². The number of hydrogen-bond acceptors (Lipinski definition) is 5. The van der Waals surface area contributed by atoms with Crippen molar-refractivity contribution in [1.82, 2.24) is 15.8 Å². The van der Waals surface area contributed by atoms with E-state index in [2.05, 4.69) is 15.8 Å². The third-order valence-corrected chi connectivity index (χ3v) is 5.41. The maximum Gasteiger partial charge on any atom is 0.269 e. The van der Waals surface area contributed by atoms with E-state index in [1.165, 1.54) is 11.8 Å². The number of para-hydroxylation sites is 2. The van der Waals surface area contributed by atoms with Gasteiger partial charge in [-0.15, -0.1) is 11.8 Å². The van der Waals surface area contributed by atoms with Crippen LogP contribution in [0.4, 0.5) is 0 Å². The first-order valence-electron chi connectivity index (χ1n) is 9.58. The zero-order valence-corrected chi connectivity index (χ0v) is 17.3. The predicted molar refractivity (Wildman–Crippen MR) is 121 cm³/mol. The summed E-state index contributed by atoms with van der Waals surface area (Å²) in [6.07, 6.45) is 1.73. The summed E-state index contributed by atoms with van der Waals surface area (Å²) in [6.45, 7) is 0. The van der Waals surface area contributed by atoms with Crippen LogP contribution < -0.4 is 15.6 Å². The molecule has 0 aliphatic carbocycles. The molecular formula is C24H19N3O3S. The molecular weight excluding hydrogens is 410 g/mol. The number of thioether (sulfide) groups is 1. The van der Waals surface area contributed by atoms with E-state index in [9.17, 15) is 9.59 Å². The molecule has 0 atom stereocenters. The highest BCUT2D eigenvalue weighted by molar-refractivity contribution is 8.00. The third kappa shape index (κ3) is 5.40. The second-order valence-electron chi connectivity index (χ2n) is 6.56. The topological polar surface area (TPSA) is 80.3 Å². The molecule has 1 aromatic heterocycles. The van der Waals surface area contributed by atoms with E-state index in [1.807, 2.05) is 60.7 Å². The summed E-state index contributed by atoms with van der Waals surface area (Å²) in [4.78, 5) is 29.7. The van der Waals surface area contributed by atoms with Crippen molar-refractivity contribution in [3.63, 3.8) is 0 Å². The van der Waals surface area contributed by atoms with E-state index in [4.69, 9.17) is 4.74 Å². The van der Waals surface area contributed by atoms with Crippen LogP contribution in [0.2, 0.25) is 0 Å². The minimum absolute atomic E-state index is 0.153. The fraction of sp³-hybridized carbons (Fsp3) is 0.0417. The SMILES string of the molecule is O=C(CSc1cccc2cccnc12)NNC(=O)c1ccc(Oc2ccccc2)cc1. The molecule has 0 saturated carbocycles. The fourth-order valence-electron chi connectivity index (χ4n) is 2.87. The van der Waals surface area contributed by atoms with Crippen LogP contribution in [0.1, 0.15) is 10.4 Å². The number of pyridine rings is 1. The molecule has 0 saturated heterocycles. The van der Waals surface area contributed by atoms with Crippen molar-refractivity contribution in [2.24, 2.45) is 0 Å². The first-order valence-corrected chi connectivity index (χ1v) is 10.6. The van der Waals surface area contributed by atoms with Gasteiger partial charge in [0.25, 0.3) is 5.91 Å². The fourth-order valence-corrected chi connectivity index (χ4v) is 3.71. The Morgan fingerprint density at radius 2 is 1.55 bits per heavy atom. The van der Waals surface area contributed by atoms with Crippen LogP contribution in [0, 0.1) is 0 Å². The van der Waals surface area contributed by atoms with Crippen molar-refractivity contribution in [1.29, 1.82) is 0 Å². The highest BCUT2D eigenvalue weighted by Crippen LogP contribution is 2.25. The lowest BCUT2D eigenvalue weighted by Crippen LogP contribution is -2.42. The van der Waals surface area contributed by atoms with Crippen molar-refractivity contribution in [2.45, 2.75) is 4.90 Å². The normalized spacial score (nSPS) is 10.5. The smallest absolute Gasteiger partial charge is 0.269 e. The summed E-state index contributed by atoms with van der Waals surface area (Å²) in [5.41, 5.74) is 6.14. The number of aromatic nitrogens is 1. The Morgan fingerprint density at radius 1 is 0.806 bits per heavy atom. The van der Waals surface area contributed by atoms with Crippen molar-refractivity contribution in [2.75, 3.05) is 5.75 Å². The largest absolute Gasteiger partial charge is 0.457 e. The van der Waals surface area contributed by atoms with Crippen molar-refractivity contribution in [3.05, 3.63) is 96.7 Å². The minimum atomic E-state index is -0.406. The Morgan fingerprint density at radius 3 is 2.35 bits per heavy atom. The highest BCUT2D eigenvalue weighted by Gasteiger charge is 2.10. The van der Waals surface area contributed by atoms with Crippen molar-refractivity contribution >= 4 is 34.5 Å². The van der Waals surface area contributed by atoms with Gasteiger partial charge >= 0.3 is 0 Å². The van der Waals surface area contributed by atoms with Gasteiger partial charge in [-0.2, -0.15) is 0 Å². The van der Waals surface area contributed by atoms with Gasteiger partial charge in [-0.05, 0) is 48.5 Å². The van der Waals surface area contributed by atoms with Crippen LogP contribution in [-0.2, 0) is 4.79 Å². The lowest BCUT2D eigenvalue weighted by Gasteiger charge is -2.09. The van der Waals surface area contributed by atoms with Crippen LogP contribution >= 0.6 is 11.8 Å². The van der Waals surface area contributed by atoms with Crippen LogP contribution in [0.15, 0.2) is 96.0 Å². The number of rotatable bonds is 6. The number of hydrogen-bond donors (Lipinski definition) is 2. The average molecular weight is 430 g/mol. The number of carbonyl (C=O) groups excluding carboxylic acids is 2. The van der Waals surface area contributed by atoms with Crippen molar-refractivity contribution in [3.8, 4) is 11.5 Å². The molecule has 0 bridgehead atoms. The summed E-state index contributed by atoms with van der Waals surface area (Å²) in [6, 6.07) is 25.7. The monoisotopic (exact) mass is 429 g/mol. The minimum Gasteiger partial charge on any atom is -0.457 e. The van der Waals surface area contributed by atoms with Gasteiger partial charge in [0.1, 0.15) is 11.5 Å². The summed E-state index contributed by atoms with van der Waals surface area (Å²) in [7, 11) is 0. The van der Waals surface area contributed by atoms with E-state index in [0.29, 0.717) is 17.1 Å². The molecule has 4 rings (SSSR count). The molecule has 0 unspecified atom stereocenters. The zero-order valence-electron chi connectivity index (χ0n) is 16.4. The molecule has 2 amide bonds. The number of amides is 2. The van der Waals surface area contributed by atoms with Gasteiger partial charge in [0.15, 0.2) is 0 Å². The van der Waals surface area contributed by atoms with E-state index in [-0.39, 0.29) is 11.7 Å². The molecule has 7 heteroatoms. The molecule has 1 heterocycles. The maximum absolute atomic E-state index is 12.3. The average Bonchev–Trinajstić information content (AvgIpc) is 2.82. The van der Waals surface area contributed by atoms with Crippen LogP contribution in [-0.4, -0.2) is 22.6 Å². The van der Waals surface area contributed by atoms with Crippen molar-refractivity contribution < 1.29 is 14.3 Å². The molecule has 4 aromatic rings. The van der Waals surface area contributed by atoms with Gasteiger partial charge < -0.3 is 4.74 Å². The Kier molecular flexibility index (Phi) is 6.44. The Bertz CT molecular complexity index is 1190. The molecule has 0 aliphatic heterocycles. The molecule has 6 nitrogen and oxygen atoms in total. The van der Waals surface area contributed by atoms with Crippen LogP contribution in [0.5, 0.6) is 11.5 Å². The summed E-state index contributed by atoms with van der Waals surface area (Å²) in [5, 5.41) is 1.01. The molecule has 0 radical (unpaired) electrons. The van der Waals surface area contributed by atoms with E-state index in [0.717, 1.165) is 15.8 Å². The predicted octanol–water partition coefficient (Wildman–Crippen LogP) is 4.58. The number of nitrogens with one attached hydrogen (secondary N) is 2. The van der Waals surface area contributed by atoms with Gasteiger partial charge in [-0.25, -0.2) is 0 Å². The first kappa shape index (κ1) is 20.4. The molecule has 0 fully saturated rings. The summed E-state index contributed by atoms with van der Waals surface area (Å²) >= 11 is 1.37. The molecule has 0 aliphatic rings. The number of hydrazine groups is 1. The van der Waals surface area contributed by atoms with Crippen LogP contribution in [0.3, 0.4) is 0 Å². The number of ether oxygens (including phenoxy) is 1. The molecule has 3 aromatic carbocycles. The van der Waals surface area contributed by atoms with Crippen LogP contribution in [0.25, 0.3) is 10.9 Å². The van der Waals surface area contributed by atoms with Gasteiger partial charge in [-0.1, -0.05) is 36.4 Å². The van der Waals surface area contributed by atoms with Gasteiger partial charge in [0.2, 0.25) is 5.91 Å². The number of carbonyl (C=O) groups is 2. The lowest BCUT2D eigenvalue weighted by atomic mass is 10.2. The molecule has 2 N–H and O–H groups in total. The number of benzene rings is 3. The number of nitrogens with zero attached hydrogens (tertiary/aromatic N) is 1. The van der Waals surface area contributed by atoms with Gasteiger partial charge in [0, 0.05) is 22.0 Å². The number of fused-ring (bicyclic) bond motifs is 1. The molecule has 0 spiro atoms. The summed E-state index contributed by atoms with van der Waals surface area (Å²) < 4.78 is 5.71. The zero-order chi connectivity index (χ0) is 21.5. The second kappa shape index (κ2) is 9.77. The summed E-state index contributed by atoms with van der Waals surface area (Å²) in [5.74, 6) is 0.768. The second-order valence-corrected chi connectivity index (χ2v) is 7.58. The lowest BCUT2D eigenvalue weighted by molar-refractivity contribution is -0.119. The quantitative estimate of drug-likeness (QED) is 0.346. The van der Waals surface area contributed by atoms with E-state index >= 15 is 0 Å². The first-order chi connectivity index (χ1) is 15.2. The molecule has 154 valence electrons. The Hall–Kier alpha value is -3.84.